The lowest BCUT2D eigenvalue weighted by Gasteiger charge is -2.69. The van der Waals surface area contributed by atoms with E-state index in [9.17, 15) is 0 Å². The zero-order valence-electron chi connectivity index (χ0n) is 14.7. The van der Waals surface area contributed by atoms with E-state index in [2.05, 4.69) is 9.69 Å². The van der Waals surface area contributed by atoms with Crippen molar-refractivity contribution in [1.82, 2.24) is 0 Å². The highest BCUT2D eigenvalue weighted by Crippen LogP contribution is 2.76. The largest absolute Gasteiger partial charge is 0.310 e. The molecule has 8 saturated carbocycles. The van der Waals surface area contributed by atoms with E-state index in [-0.39, 0.29) is 11.1 Å². The molecule has 4 atom stereocenters. The first-order valence-electron chi connectivity index (χ1n) is 10.3. The summed E-state index contributed by atoms with van der Waals surface area (Å²) in [5, 5.41) is 0. The van der Waals surface area contributed by atoms with Crippen LogP contribution in [0.15, 0.2) is 0 Å². The standard InChI is InChI=1S/C22H28N2/c1-23-21-9-15-3-16(10-21)6-19(5-15,13-21)20-7-17-4-18(8-20)12-22(11-17,14-20)24-2/h15-18H,3-14H2. The Labute approximate surface area is 146 Å². The van der Waals surface area contributed by atoms with E-state index in [1.807, 2.05) is 0 Å². The number of hydrogen-bond acceptors (Lipinski definition) is 0. The van der Waals surface area contributed by atoms with E-state index in [0.717, 1.165) is 23.7 Å². The van der Waals surface area contributed by atoms with Crippen LogP contribution in [0.1, 0.15) is 77.0 Å². The molecule has 8 aliphatic rings. The van der Waals surface area contributed by atoms with Crippen LogP contribution in [0.5, 0.6) is 0 Å². The molecule has 24 heavy (non-hydrogen) atoms. The lowest BCUT2D eigenvalue weighted by Crippen LogP contribution is -2.66. The molecule has 0 N–H and O–H groups in total. The van der Waals surface area contributed by atoms with Gasteiger partial charge in [-0.2, -0.15) is 0 Å². The fourth-order valence-electron chi connectivity index (χ4n) is 9.93. The molecule has 8 bridgehead atoms. The summed E-state index contributed by atoms with van der Waals surface area (Å²) in [6, 6.07) is 0. The minimum Gasteiger partial charge on any atom is -0.310 e. The second-order valence-electron chi connectivity index (χ2n) is 11.2. The monoisotopic (exact) mass is 320 g/mol. The van der Waals surface area contributed by atoms with Crippen LogP contribution in [0.4, 0.5) is 0 Å². The van der Waals surface area contributed by atoms with Gasteiger partial charge >= 0.3 is 0 Å². The Morgan fingerprint density at radius 1 is 0.542 bits per heavy atom. The lowest BCUT2D eigenvalue weighted by atomic mass is 9.33. The molecule has 126 valence electrons. The van der Waals surface area contributed by atoms with Crippen LogP contribution in [0.25, 0.3) is 9.69 Å². The van der Waals surface area contributed by atoms with Gasteiger partial charge in [-0.3, -0.25) is 0 Å². The predicted molar refractivity (Wildman–Crippen MR) is 92.9 cm³/mol. The smallest absolute Gasteiger partial charge is 0.233 e. The summed E-state index contributed by atoms with van der Waals surface area (Å²) in [7, 11) is 0. The molecule has 8 rings (SSSR count). The molecular formula is C22H28N2. The molecular weight excluding hydrogens is 292 g/mol. The van der Waals surface area contributed by atoms with E-state index >= 15 is 0 Å². The molecule has 0 aromatic rings. The third kappa shape index (κ3) is 1.53. The van der Waals surface area contributed by atoms with Crippen LogP contribution >= 0.6 is 0 Å². The minimum atomic E-state index is -0.00130. The van der Waals surface area contributed by atoms with Gasteiger partial charge in [0.1, 0.15) is 0 Å². The second-order valence-corrected chi connectivity index (χ2v) is 11.2. The van der Waals surface area contributed by atoms with E-state index < -0.39 is 0 Å². The van der Waals surface area contributed by atoms with Gasteiger partial charge in [-0.05, 0) is 73.0 Å². The van der Waals surface area contributed by atoms with Gasteiger partial charge in [0, 0.05) is 38.5 Å². The van der Waals surface area contributed by atoms with Crippen molar-refractivity contribution < 1.29 is 0 Å². The summed E-state index contributed by atoms with van der Waals surface area (Å²) in [6.07, 6.45) is 15.7. The van der Waals surface area contributed by atoms with Crippen LogP contribution in [0.2, 0.25) is 0 Å². The van der Waals surface area contributed by atoms with Gasteiger partial charge in [0.05, 0.1) is 0 Å². The summed E-state index contributed by atoms with van der Waals surface area (Å²) < 4.78 is 0. The molecule has 0 radical (unpaired) electrons. The Balaban J connectivity index is 1.47. The highest BCUT2D eigenvalue weighted by molar-refractivity contribution is 5.26. The van der Waals surface area contributed by atoms with Crippen LogP contribution in [0, 0.1) is 47.6 Å². The zero-order valence-corrected chi connectivity index (χ0v) is 14.7. The van der Waals surface area contributed by atoms with Gasteiger partial charge in [-0.25, -0.2) is 13.1 Å². The zero-order chi connectivity index (χ0) is 16.2. The molecule has 8 aliphatic carbocycles. The molecule has 2 nitrogen and oxygen atoms in total. The molecule has 2 heteroatoms. The molecule has 0 aromatic heterocycles. The molecule has 0 spiro atoms. The SMILES string of the molecule is [C-]#[N+]C12CC3CC(C1)CC(C14CC5CC(CC([N+]#[C-])(C5)C1)C4)(C3)C2. The Hall–Kier alpha value is -1.02. The van der Waals surface area contributed by atoms with Crippen LogP contribution in [-0.4, -0.2) is 11.1 Å². The summed E-state index contributed by atoms with van der Waals surface area (Å²) in [4.78, 5) is 8.56. The van der Waals surface area contributed by atoms with E-state index in [1.165, 1.54) is 77.0 Å². The van der Waals surface area contributed by atoms with E-state index in [1.54, 1.807) is 0 Å². The molecule has 0 saturated heterocycles. The summed E-state index contributed by atoms with van der Waals surface area (Å²) in [5.41, 5.74) is 0.877. The normalized spacial score (nSPS) is 62.4. The van der Waals surface area contributed by atoms with Crippen molar-refractivity contribution in [3.63, 3.8) is 0 Å². The van der Waals surface area contributed by atoms with Crippen LogP contribution in [-0.2, 0) is 0 Å². The lowest BCUT2D eigenvalue weighted by molar-refractivity contribution is -0.198. The van der Waals surface area contributed by atoms with Crippen LogP contribution in [0.3, 0.4) is 0 Å². The van der Waals surface area contributed by atoms with E-state index in [4.69, 9.17) is 13.1 Å². The van der Waals surface area contributed by atoms with Crippen molar-refractivity contribution in [3.05, 3.63) is 22.8 Å². The first-order chi connectivity index (χ1) is 11.5. The molecule has 0 amide bonds. The van der Waals surface area contributed by atoms with Crippen molar-refractivity contribution in [3.8, 4) is 0 Å². The van der Waals surface area contributed by atoms with Crippen molar-refractivity contribution in [2.45, 2.75) is 88.1 Å². The first-order valence-corrected chi connectivity index (χ1v) is 10.3. The highest BCUT2D eigenvalue weighted by Gasteiger charge is 2.73. The molecule has 0 heterocycles. The van der Waals surface area contributed by atoms with Crippen molar-refractivity contribution in [2.75, 3.05) is 0 Å². The van der Waals surface area contributed by atoms with Crippen molar-refractivity contribution in [1.29, 1.82) is 0 Å². The molecule has 0 aromatic carbocycles. The van der Waals surface area contributed by atoms with Gasteiger partial charge in [0.15, 0.2) is 0 Å². The van der Waals surface area contributed by atoms with Gasteiger partial charge in [0.2, 0.25) is 11.1 Å². The Kier molecular flexibility index (Phi) is 2.38. The molecule has 4 unspecified atom stereocenters. The first kappa shape index (κ1) is 14.2. The van der Waals surface area contributed by atoms with Gasteiger partial charge in [-0.1, -0.05) is 0 Å². The number of rotatable bonds is 1. The van der Waals surface area contributed by atoms with Crippen LogP contribution < -0.4 is 0 Å². The second kappa shape index (κ2) is 4.03. The summed E-state index contributed by atoms with van der Waals surface area (Å²) in [6.45, 7) is 15.9. The Morgan fingerprint density at radius 2 is 0.875 bits per heavy atom. The number of nitrogens with zero attached hydrogens (tertiary/aromatic N) is 2. The Morgan fingerprint density at radius 3 is 1.17 bits per heavy atom. The van der Waals surface area contributed by atoms with Crippen molar-refractivity contribution in [2.24, 2.45) is 34.5 Å². The third-order valence-corrected chi connectivity index (χ3v) is 9.66. The maximum absolute atomic E-state index is 7.95. The average Bonchev–Trinajstić information content (AvgIpc) is 2.52. The predicted octanol–water partition coefficient (Wildman–Crippen LogP) is 5.50. The average molecular weight is 320 g/mol. The Bertz CT molecular complexity index is 604. The van der Waals surface area contributed by atoms with Gasteiger partial charge in [-0.15, -0.1) is 0 Å². The summed E-state index contributed by atoms with van der Waals surface area (Å²) in [5.74, 6) is 3.32. The fraction of sp³-hybridized carbons (Fsp3) is 0.909. The molecule has 0 aliphatic heterocycles. The topological polar surface area (TPSA) is 8.72 Å². The van der Waals surface area contributed by atoms with Gasteiger partial charge in [0.25, 0.3) is 0 Å². The summed E-state index contributed by atoms with van der Waals surface area (Å²) >= 11 is 0. The quantitative estimate of drug-likeness (QED) is 0.564. The third-order valence-electron chi connectivity index (χ3n) is 9.66. The minimum absolute atomic E-state index is 0.00130. The maximum atomic E-state index is 7.95. The number of hydrogen-bond donors (Lipinski definition) is 0. The maximum Gasteiger partial charge on any atom is 0.233 e. The van der Waals surface area contributed by atoms with Gasteiger partial charge < -0.3 is 9.69 Å². The highest BCUT2D eigenvalue weighted by atomic mass is 14.9. The van der Waals surface area contributed by atoms with Crippen molar-refractivity contribution >= 4 is 0 Å². The van der Waals surface area contributed by atoms with E-state index in [0.29, 0.717) is 10.8 Å². The molecule has 8 fully saturated rings. The fourth-order valence-corrected chi connectivity index (χ4v) is 9.93.